The van der Waals surface area contributed by atoms with Crippen LogP contribution in [0.2, 0.25) is 0 Å². The van der Waals surface area contributed by atoms with Gasteiger partial charge in [-0.15, -0.1) is 0 Å². The highest BCUT2D eigenvalue weighted by molar-refractivity contribution is 8.14. The highest BCUT2D eigenvalue weighted by Crippen LogP contribution is 2.40. The molecule has 3 heterocycles. The number of carboxylic acid groups (broad SMARTS) is 1. The molecule has 0 radical (unpaired) electrons. The third kappa shape index (κ3) is 6.68. The van der Waals surface area contributed by atoms with E-state index in [4.69, 9.17) is 19.9 Å². The molecule has 1 saturated carbocycles. The van der Waals surface area contributed by atoms with Crippen molar-refractivity contribution < 1.29 is 38.1 Å². The molecule has 1 aromatic heterocycles. The first kappa shape index (κ1) is 33.5. The van der Waals surface area contributed by atoms with Gasteiger partial charge in [0.2, 0.25) is 17.1 Å². The number of piperazine rings is 1. The minimum atomic E-state index is -1.35. The minimum Gasteiger partial charge on any atom is -0.493 e. The molecule has 0 spiro atoms. The highest BCUT2D eigenvalue weighted by Gasteiger charge is 2.30. The summed E-state index contributed by atoms with van der Waals surface area (Å²) in [5, 5.41) is 9.57. The lowest BCUT2D eigenvalue weighted by Crippen LogP contribution is -2.49. The average Bonchev–Trinajstić information content (AvgIpc) is 3.94. The van der Waals surface area contributed by atoms with Crippen molar-refractivity contribution in [2.24, 2.45) is 15.7 Å². The summed E-state index contributed by atoms with van der Waals surface area (Å²) in [4.78, 5) is 62.1. The average molecular weight is 693 g/mol. The second-order valence-electron chi connectivity index (χ2n) is 11.5. The molecule has 256 valence electrons. The molecule has 2 aromatic carbocycles. The van der Waals surface area contributed by atoms with E-state index in [1.54, 1.807) is 32.6 Å². The Hall–Kier alpha value is -5.38. The summed E-state index contributed by atoms with van der Waals surface area (Å²) in [5.41, 5.74) is 6.39. The van der Waals surface area contributed by atoms with Crippen LogP contribution in [0.5, 0.6) is 17.2 Å². The topological polar surface area (TPSA) is 178 Å². The second-order valence-corrected chi connectivity index (χ2v) is 12.4. The Morgan fingerprint density at radius 1 is 1.02 bits per heavy atom. The van der Waals surface area contributed by atoms with E-state index < -0.39 is 23.1 Å². The molecule has 2 fully saturated rings. The summed E-state index contributed by atoms with van der Waals surface area (Å²) in [5.74, 6) is -1.74. The predicted molar refractivity (Wildman–Crippen MR) is 183 cm³/mol. The van der Waals surface area contributed by atoms with E-state index in [0.29, 0.717) is 54.5 Å². The van der Waals surface area contributed by atoms with Crippen molar-refractivity contribution in [2.75, 3.05) is 58.2 Å². The number of anilines is 1. The highest BCUT2D eigenvalue weighted by atomic mass is 32.2. The number of halogens is 1. The van der Waals surface area contributed by atoms with E-state index in [0.717, 1.165) is 30.7 Å². The third-order valence-corrected chi connectivity index (χ3v) is 9.32. The molecule has 3 N–H and O–H groups in total. The lowest BCUT2D eigenvalue weighted by atomic mass is 10.1. The van der Waals surface area contributed by atoms with Crippen molar-refractivity contribution in [1.82, 2.24) is 9.47 Å². The lowest BCUT2D eigenvalue weighted by molar-refractivity contribution is -0.128. The number of aliphatic imine (C=N–C) groups is 2. The van der Waals surface area contributed by atoms with Gasteiger partial charge in [0.05, 0.1) is 43.9 Å². The van der Waals surface area contributed by atoms with Gasteiger partial charge in [-0.05, 0) is 48.7 Å². The van der Waals surface area contributed by atoms with Crippen LogP contribution in [0, 0.1) is 5.82 Å². The molecular weight excluding hydrogens is 659 g/mol. The van der Waals surface area contributed by atoms with Gasteiger partial charge in [0, 0.05) is 43.8 Å². The van der Waals surface area contributed by atoms with Gasteiger partial charge in [-0.25, -0.2) is 14.2 Å². The van der Waals surface area contributed by atoms with Gasteiger partial charge in [0.1, 0.15) is 17.2 Å². The molecule has 1 saturated heterocycles. The van der Waals surface area contributed by atoms with Crippen molar-refractivity contribution >= 4 is 63.2 Å². The van der Waals surface area contributed by atoms with Crippen molar-refractivity contribution in [3.63, 3.8) is 0 Å². The summed E-state index contributed by atoms with van der Waals surface area (Å²) in [6.07, 6.45) is 4.54. The number of carbonyl (C=O) groups is 3. The first-order chi connectivity index (χ1) is 23.5. The van der Waals surface area contributed by atoms with E-state index in [2.05, 4.69) is 9.98 Å². The fourth-order valence-electron chi connectivity index (χ4n) is 5.82. The zero-order chi connectivity index (χ0) is 35.0. The van der Waals surface area contributed by atoms with Crippen LogP contribution in [-0.4, -0.2) is 96.6 Å². The smallest absolute Gasteiger partial charge is 0.341 e. The molecule has 0 unspecified atom stereocenters. The Bertz CT molecular complexity index is 2010. The standard InChI is InChI=1S/C33H33FN6O8S/c1-46-25-11-17(12-26(47-2)29(25)48-3)10-20-30(35)36-33(37-31(20)43)49-16-27(41)39-8-6-38(7-9-39)24-14-23-19(13-22(24)34)28(42)21(32(44)45)15-40(23)18-4-5-18/h10-15,18H,4-9,16H2,1-3H3,(H,44,45)(H2,35,36,37,43)/b20-10+. The SMILES string of the molecule is COc1cc(/C=C2/C(=O)N=C(SCC(=O)N3CCN(c4cc5c(cc4F)c(=O)c(C(=O)O)cn5C4CC4)CC3)N=C2N)cc(OC)c1OC. The fraction of sp³-hybridized carbons (Fsp3) is 0.333. The monoisotopic (exact) mass is 692 g/mol. The van der Waals surface area contributed by atoms with Crippen molar-refractivity contribution in [2.45, 2.75) is 18.9 Å². The van der Waals surface area contributed by atoms with Crippen molar-refractivity contribution in [1.29, 1.82) is 0 Å². The predicted octanol–water partition coefficient (Wildman–Crippen LogP) is 2.92. The normalized spacial score (nSPS) is 17.2. The number of pyridine rings is 1. The summed E-state index contributed by atoms with van der Waals surface area (Å²) < 4.78 is 33.2. The van der Waals surface area contributed by atoms with E-state index >= 15 is 4.39 Å². The van der Waals surface area contributed by atoms with Gasteiger partial charge in [-0.1, -0.05) is 11.8 Å². The quantitative estimate of drug-likeness (QED) is 0.315. The molecule has 0 atom stereocenters. The number of benzene rings is 2. The molecule has 2 aliphatic heterocycles. The van der Waals surface area contributed by atoms with Crippen LogP contribution in [0.1, 0.15) is 34.8 Å². The molecule has 2 amide bonds. The number of nitrogens with zero attached hydrogens (tertiary/aromatic N) is 5. The van der Waals surface area contributed by atoms with Gasteiger partial charge in [0.15, 0.2) is 16.7 Å². The molecule has 3 aliphatic rings. The Balaban J connectivity index is 1.10. The Kier molecular flexibility index (Phi) is 9.32. The summed E-state index contributed by atoms with van der Waals surface area (Å²) in [6, 6.07) is 6.06. The number of aromatic nitrogens is 1. The maximum absolute atomic E-state index is 15.4. The number of hydrogen-bond donors (Lipinski definition) is 2. The Morgan fingerprint density at radius 3 is 2.27 bits per heavy atom. The molecule has 16 heteroatoms. The lowest BCUT2D eigenvalue weighted by Gasteiger charge is -2.36. The molecule has 0 bridgehead atoms. The zero-order valence-electron chi connectivity index (χ0n) is 26.9. The number of rotatable bonds is 9. The number of hydrogen-bond acceptors (Lipinski definition) is 11. The van der Waals surface area contributed by atoms with E-state index in [1.165, 1.54) is 33.6 Å². The largest absolute Gasteiger partial charge is 0.493 e. The Labute approximate surface area is 283 Å². The van der Waals surface area contributed by atoms with E-state index in [-0.39, 0.29) is 50.9 Å². The maximum atomic E-state index is 15.4. The summed E-state index contributed by atoms with van der Waals surface area (Å²) in [6.45, 7) is 1.28. The molecule has 3 aromatic rings. The number of carboxylic acids is 1. The van der Waals surface area contributed by atoms with Crippen LogP contribution in [0.3, 0.4) is 0 Å². The summed E-state index contributed by atoms with van der Waals surface area (Å²) in [7, 11) is 4.44. The number of amides is 2. The molecule has 14 nitrogen and oxygen atoms in total. The van der Waals surface area contributed by atoms with Crippen LogP contribution in [-0.2, 0) is 9.59 Å². The van der Waals surface area contributed by atoms with Crippen LogP contribution >= 0.6 is 11.8 Å². The number of methoxy groups -OCH3 is 3. The second kappa shape index (κ2) is 13.6. The maximum Gasteiger partial charge on any atom is 0.341 e. The number of ether oxygens (including phenoxy) is 3. The number of thioether (sulfide) groups is 1. The van der Waals surface area contributed by atoms with Crippen LogP contribution < -0.4 is 30.3 Å². The van der Waals surface area contributed by atoms with Crippen LogP contribution in [0.15, 0.2) is 50.8 Å². The first-order valence-electron chi connectivity index (χ1n) is 15.3. The number of carbonyl (C=O) groups excluding carboxylic acids is 2. The van der Waals surface area contributed by atoms with Crippen LogP contribution in [0.4, 0.5) is 10.1 Å². The molecule has 6 rings (SSSR count). The fourth-order valence-corrected chi connectivity index (χ4v) is 6.56. The van der Waals surface area contributed by atoms with Gasteiger partial charge in [-0.3, -0.25) is 14.4 Å². The van der Waals surface area contributed by atoms with Crippen molar-refractivity contribution in [3.05, 3.63) is 63.2 Å². The third-order valence-electron chi connectivity index (χ3n) is 8.49. The van der Waals surface area contributed by atoms with Gasteiger partial charge in [0.25, 0.3) is 5.91 Å². The van der Waals surface area contributed by atoms with Gasteiger partial charge >= 0.3 is 5.97 Å². The van der Waals surface area contributed by atoms with E-state index in [9.17, 15) is 24.3 Å². The van der Waals surface area contributed by atoms with Crippen LogP contribution in [0.25, 0.3) is 17.0 Å². The Morgan fingerprint density at radius 2 is 1.69 bits per heavy atom. The number of fused-ring (bicyclic) bond motifs is 1. The number of aromatic carboxylic acids is 1. The zero-order valence-corrected chi connectivity index (χ0v) is 27.7. The van der Waals surface area contributed by atoms with Gasteiger partial charge in [-0.2, -0.15) is 4.99 Å². The van der Waals surface area contributed by atoms with Gasteiger partial charge < -0.3 is 39.4 Å². The number of amidine groups is 2. The molecular formula is C33H33FN6O8S. The number of nitrogens with two attached hydrogens (primary N) is 1. The molecule has 1 aliphatic carbocycles. The van der Waals surface area contributed by atoms with E-state index in [1.807, 2.05) is 0 Å². The summed E-state index contributed by atoms with van der Waals surface area (Å²) >= 11 is 0.987. The molecule has 49 heavy (non-hydrogen) atoms. The first-order valence-corrected chi connectivity index (χ1v) is 16.3. The minimum absolute atomic E-state index is 0.0232. The van der Waals surface area contributed by atoms with Crippen molar-refractivity contribution in [3.8, 4) is 17.2 Å².